The summed E-state index contributed by atoms with van der Waals surface area (Å²) in [5.41, 5.74) is 15.1. The molecule has 17 heavy (non-hydrogen) atoms. The molecule has 0 saturated carbocycles. The summed E-state index contributed by atoms with van der Waals surface area (Å²) in [6.45, 7) is 3.98. The molecule has 5 heteroatoms. The average molecular weight is 248 g/mol. The zero-order chi connectivity index (χ0) is 12.4. The Balaban J connectivity index is 2.22. The number of hydrogen-bond donors (Lipinski definition) is 2. The molecule has 0 aliphatic heterocycles. The minimum Gasteiger partial charge on any atom is -0.383 e. The molecule has 0 amide bonds. The van der Waals surface area contributed by atoms with Gasteiger partial charge in [0.1, 0.15) is 5.82 Å². The molecular formula is C12H16N4S. The topological polar surface area (TPSA) is 77.8 Å². The molecule has 4 nitrogen and oxygen atoms in total. The minimum atomic E-state index is -0.144. The maximum atomic E-state index is 6.18. The molecule has 1 atom stereocenters. The van der Waals surface area contributed by atoms with E-state index in [1.165, 1.54) is 0 Å². The van der Waals surface area contributed by atoms with Gasteiger partial charge in [0.05, 0.1) is 5.01 Å². The SMILES string of the molecule is Cc1csc(CC(N)c2c(C)ccnc2N)n1. The van der Waals surface area contributed by atoms with Crippen molar-refractivity contribution in [3.8, 4) is 0 Å². The first-order chi connectivity index (χ1) is 8.08. The van der Waals surface area contributed by atoms with Crippen LogP contribution in [0.25, 0.3) is 0 Å². The predicted octanol–water partition coefficient (Wildman–Crippen LogP) is 1.98. The van der Waals surface area contributed by atoms with Gasteiger partial charge in [0.2, 0.25) is 0 Å². The molecular weight excluding hydrogens is 232 g/mol. The quantitative estimate of drug-likeness (QED) is 0.870. The summed E-state index contributed by atoms with van der Waals surface area (Å²) in [5, 5.41) is 3.07. The number of nitrogens with zero attached hydrogens (tertiary/aromatic N) is 2. The number of thiazole rings is 1. The van der Waals surface area contributed by atoms with Crippen LogP contribution in [-0.2, 0) is 6.42 Å². The Morgan fingerprint density at radius 2 is 2.18 bits per heavy atom. The number of aromatic nitrogens is 2. The van der Waals surface area contributed by atoms with Gasteiger partial charge in [0.15, 0.2) is 0 Å². The predicted molar refractivity (Wildman–Crippen MR) is 70.9 cm³/mol. The van der Waals surface area contributed by atoms with Crippen molar-refractivity contribution >= 4 is 17.2 Å². The molecule has 0 spiro atoms. The zero-order valence-corrected chi connectivity index (χ0v) is 10.8. The van der Waals surface area contributed by atoms with Crippen LogP contribution < -0.4 is 11.5 Å². The van der Waals surface area contributed by atoms with E-state index in [4.69, 9.17) is 11.5 Å². The second-order valence-corrected chi connectivity index (χ2v) is 5.06. The van der Waals surface area contributed by atoms with Crippen LogP contribution in [0.1, 0.15) is 27.9 Å². The van der Waals surface area contributed by atoms with Crippen molar-refractivity contribution in [1.29, 1.82) is 0 Å². The second-order valence-electron chi connectivity index (χ2n) is 4.12. The first-order valence-corrected chi connectivity index (χ1v) is 6.33. The lowest BCUT2D eigenvalue weighted by atomic mass is 10.0. The van der Waals surface area contributed by atoms with Crippen LogP contribution in [0.5, 0.6) is 0 Å². The molecule has 0 aromatic carbocycles. The van der Waals surface area contributed by atoms with Gasteiger partial charge >= 0.3 is 0 Å². The summed E-state index contributed by atoms with van der Waals surface area (Å²) >= 11 is 1.63. The third kappa shape index (κ3) is 2.62. The van der Waals surface area contributed by atoms with Gasteiger partial charge < -0.3 is 11.5 Å². The lowest BCUT2D eigenvalue weighted by Gasteiger charge is -2.15. The molecule has 0 aliphatic rings. The number of rotatable bonds is 3. The Kier molecular flexibility index (Phi) is 3.40. The summed E-state index contributed by atoms with van der Waals surface area (Å²) in [6.07, 6.45) is 2.41. The number of anilines is 1. The van der Waals surface area contributed by atoms with Crippen molar-refractivity contribution < 1.29 is 0 Å². The average Bonchev–Trinajstić information content (AvgIpc) is 2.63. The fraction of sp³-hybridized carbons (Fsp3) is 0.333. The van der Waals surface area contributed by atoms with Crippen molar-refractivity contribution in [2.45, 2.75) is 26.3 Å². The van der Waals surface area contributed by atoms with E-state index < -0.39 is 0 Å². The van der Waals surface area contributed by atoms with Crippen molar-refractivity contribution in [1.82, 2.24) is 9.97 Å². The summed E-state index contributed by atoms with van der Waals surface area (Å²) in [6, 6.07) is 1.79. The van der Waals surface area contributed by atoms with Crippen LogP contribution in [-0.4, -0.2) is 9.97 Å². The molecule has 2 aromatic rings. The summed E-state index contributed by atoms with van der Waals surface area (Å²) < 4.78 is 0. The first-order valence-electron chi connectivity index (χ1n) is 5.45. The Labute approximate surface area is 105 Å². The second kappa shape index (κ2) is 4.81. The Bertz CT molecular complexity index is 501. The highest BCUT2D eigenvalue weighted by molar-refractivity contribution is 7.09. The van der Waals surface area contributed by atoms with Gasteiger partial charge in [0.25, 0.3) is 0 Å². The Morgan fingerprint density at radius 3 is 2.76 bits per heavy atom. The maximum absolute atomic E-state index is 6.18. The highest BCUT2D eigenvalue weighted by atomic mass is 32.1. The fourth-order valence-corrected chi connectivity index (χ4v) is 2.69. The number of nitrogens with two attached hydrogens (primary N) is 2. The van der Waals surface area contributed by atoms with E-state index >= 15 is 0 Å². The van der Waals surface area contributed by atoms with Crippen LogP contribution in [0.4, 0.5) is 5.82 Å². The van der Waals surface area contributed by atoms with Crippen molar-refractivity contribution in [3.63, 3.8) is 0 Å². The minimum absolute atomic E-state index is 0.144. The molecule has 0 bridgehead atoms. The van der Waals surface area contributed by atoms with Gasteiger partial charge in [-0.05, 0) is 25.5 Å². The van der Waals surface area contributed by atoms with Crippen molar-refractivity contribution in [3.05, 3.63) is 39.5 Å². The molecule has 90 valence electrons. The van der Waals surface area contributed by atoms with Crippen molar-refractivity contribution in [2.24, 2.45) is 5.73 Å². The largest absolute Gasteiger partial charge is 0.383 e. The molecule has 0 radical (unpaired) electrons. The third-order valence-corrected chi connectivity index (χ3v) is 3.66. The first kappa shape index (κ1) is 12.0. The van der Waals surface area contributed by atoms with E-state index in [-0.39, 0.29) is 6.04 Å². The summed E-state index contributed by atoms with van der Waals surface area (Å²) in [4.78, 5) is 8.50. The van der Waals surface area contributed by atoms with Gasteiger partial charge in [0, 0.05) is 35.3 Å². The normalized spacial score (nSPS) is 12.6. The molecule has 2 aromatic heterocycles. The van der Waals surface area contributed by atoms with Crippen LogP contribution in [0, 0.1) is 13.8 Å². The smallest absolute Gasteiger partial charge is 0.128 e. The lowest BCUT2D eigenvalue weighted by molar-refractivity contribution is 0.711. The number of nitrogen functional groups attached to an aromatic ring is 1. The van der Waals surface area contributed by atoms with Gasteiger partial charge in [-0.15, -0.1) is 11.3 Å². The monoisotopic (exact) mass is 248 g/mol. The lowest BCUT2D eigenvalue weighted by Crippen LogP contribution is -2.17. The third-order valence-electron chi connectivity index (χ3n) is 2.67. The molecule has 0 aliphatic carbocycles. The summed E-state index contributed by atoms with van der Waals surface area (Å²) in [5.74, 6) is 0.519. The summed E-state index contributed by atoms with van der Waals surface area (Å²) in [7, 11) is 0. The standard InChI is InChI=1S/C12H16N4S/c1-7-3-4-15-12(14)11(7)9(13)5-10-16-8(2)6-17-10/h3-4,6,9H,5,13H2,1-2H3,(H2,14,15). The maximum Gasteiger partial charge on any atom is 0.128 e. The number of hydrogen-bond acceptors (Lipinski definition) is 5. The molecule has 2 heterocycles. The van der Waals surface area contributed by atoms with Crippen LogP contribution >= 0.6 is 11.3 Å². The van der Waals surface area contributed by atoms with Crippen LogP contribution in [0.15, 0.2) is 17.6 Å². The number of aryl methyl sites for hydroxylation is 2. The number of pyridine rings is 1. The van der Waals surface area contributed by atoms with E-state index in [1.54, 1.807) is 17.5 Å². The van der Waals surface area contributed by atoms with Gasteiger partial charge in [-0.25, -0.2) is 9.97 Å². The molecule has 0 saturated heterocycles. The Hall–Kier alpha value is -1.46. The van der Waals surface area contributed by atoms with E-state index in [1.807, 2.05) is 25.3 Å². The molecule has 2 rings (SSSR count). The van der Waals surface area contributed by atoms with E-state index in [9.17, 15) is 0 Å². The van der Waals surface area contributed by atoms with Gasteiger partial charge in [-0.2, -0.15) is 0 Å². The molecule has 4 N–H and O–H groups in total. The highest BCUT2D eigenvalue weighted by Crippen LogP contribution is 2.24. The van der Waals surface area contributed by atoms with Gasteiger partial charge in [-0.1, -0.05) is 0 Å². The van der Waals surface area contributed by atoms with Crippen molar-refractivity contribution in [2.75, 3.05) is 5.73 Å². The molecule has 0 fully saturated rings. The zero-order valence-electron chi connectivity index (χ0n) is 9.97. The highest BCUT2D eigenvalue weighted by Gasteiger charge is 2.15. The van der Waals surface area contributed by atoms with Crippen LogP contribution in [0.2, 0.25) is 0 Å². The van der Waals surface area contributed by atoms with Gasteiger partial charge in [-0.3, -0.25) is 0 Å². The fourth-order valence-electron chi connectivity index (χ4n) is 1.86. The Morgan fingerprint density at radius 1 is 1.41 bits per heavy atom. The van der Waals surface area contributed by atoms with E-state index in [0.717, 1.165) is 21.8 Å². The van der Waals surface area contributed by atoms with E-state index in [2.05, 4.69) is 9.97 Å². The van der Waals surface area contributed by atoms with E-state index in [0.29, 0.717) is 12.2 Å². The molecule has 1 unspecified atom stereocenters. The van der Waals surface area contributed by atoms with Crippen LogP contribution in [0.3, 0.4) is 0 Å².